The summed E-state index contributed by atoms with van der Waals surface area (Å²) >= 11 is 0. The molecule has 0 aromatic carbocycles. The first-order valence-corrected chi connectivity index (χ1v) is 4.27. The van der Waals surface area contributed by atoms with Crippen molar-refractivity contribution in [2.45, 2.75) is 13.7 Å². The predicted octanol–water partition coefficient (Wildman–Crippen LogP) is -0.856. The molecule has 16 heavy (non-hydrogen) atoms. The first kappa shape index (κ1) is 11.9. The minimum absolute atomic E-state index is 0.249. The van der Waals surface area contributed by atoms with Gasteiger partial charge in [-0.1, -0.05) is 0 Å². The first-order valence-electron chi connectivity index (χ1n) is 4.27. The summed E-state index contributed by atoms with van der Waals surface area (Å²) in [5.74, 6) is -1.02. The number of ether oxygens (including phenoxy) is 1. The second-order valence-electron chi connectivity index (χ2n) is 2.74. The molecule has 0 saturated heterocycles. The van der Waals surface area contributed by atoms with Gasteiger partial charge in [-0.05, 0) is 6.92 Å². The number of nitro groups is 1. The van der Waals surface area contributed by atoms with E-state index in [1.165, 1.54) is 0 Å². The van der Waals surface area contributed by atoms with Gasteiger partial charge in [0.1, 0.15) is 6.73 Å². The number of aromatic nitrogens is 2. The van der Waals surface area contributed by atoms with Crippen LogP contribution in [0.3, 0.4) is 0 Å². The fourth-order valence-corrected chi connectivity index (χ4v) is 1.02. The number of hydrogen-bond acceptors (Lipinski definition) is 6. The molecule has 0 aliphatic carbocycles. The van der Waals surface area contributed by atoms with E-state index in [0.29, 0.717) is 4.57 Å². The summed E-state index contributed by atoms with van der Waals surface area (Å²) in [6, 6.07) is 0. The van der Waals surface area contributed by atoms with Crippen LogP contribution in [-0.2, 0) is 11.5 Å². The third-order valence-corrected chi connectivity index (χ3v) is 1.76. The lowest BCUT2D eigenvalue weighted by Gasteiger charge is -2.06. The highest BCUT2D eigenvalue weighted by Crippen LogP contribution is 2.17. The molecule has 1 aromatic rings. The summed E-state index contributed by atoms with van der Waals surface area (Å²) in [6.07, 6.45) is 0. The SMILES string of the molecule is CCOCn1c(O)c([N+](=O)[O-])c(=O)[nH]c1=O. The Kier molecular flexibility index (Phi) is 3.40. The number of nitrogens with one attached hydrogen (secondary N) is 1. The van der Waals surface area contributed by atoms with E-state index in [0.717, 1.165) is 0 Å². The summed E-state index contributed by atoms with van der Waals surface area (Å²) in [7, 11) is 0. The van der Waals surface area contributed by atoms with Crippen LogP contribution in [0.2, 0.25) is 0 Å². The third kappa shape index (κ3) is 2.08. The smallest absolute Gasteiger partial charge is 0.393 e. The Morgan fingerprint density at radius 3 is 2.69 bits per heavy atom. The molecule has 0 unspecified atom stereocenters. The van der Waals surface area contributed by atoms with Gasteiger partial charge in [-0.3, -0.25) is 19.9 Å². The lowest BCUT2D eigenvalue weighted by Crippen LogP contribution is -2.31. The molecule has 9 nitrogen and oxygen atoms in total. The fraction of sp³-hybridized carbons (Fsp3) is 0.429. The summed E-state index contributed by atoms with van der Waals surface area (Å²) < 4.78 is 5.37. The maximum Gasteiger partial charge on any atom is 0.393 e. The monoisotopic (exact) mass is 231 g/mol. The van der Waals surface area contributed by atoms with Crippen LogP contribution in [0.5, 0.6) is 5.88 Å². The highest BCUT2D eigenvalue weighted by molar-refractivity contribution is 5.36. The van der Waals surface area contributed by atoms with Gasteiger partial charge in [0, 0.05) is 6.61 Å². The Labute approximate surface area is 88.1 Å². The van der Waals surface area contributed by atoms with Crippen LogP contribution in [-0.4, -0.2) is 26.2 Å². The zero-order valence-corrected chi connectivity index (χ0v) is 8.30. The molecule has 1 rings (SSSR count). The number of aromatic amines is 1. The van der Waals surface area contributed by atoms with Crippen LogP contribution in [0.25, 0.3) is 0 Å². The topological polar surface area (TPSA) is 127 Å². The molecule has 1 heterocycles. The summed E-state index contributed by atoms with van der Waals surface area (Å²) in [5, 5.41) is 19.8. The quantitative estimate of drug-likeness (QED) is 0.512. The van der Waals surface area contributed by atoms with Crippen molar-refractivity contribution < 1.29 is 14.8 Å². The van der Waals surface area contributed by atoms with Crippen LogP contribution < -0.4 is 11.2 Å². The normalized spacial score (nSPS) is 10.3. The van der Waals surface area contributed by atoms with Gasteiger partial charge < -0.3 is 9.84 Å². The van der Waals surface area contributed by atoms with Gasteiger partial charge in [0.15, 0.2) is 0 Å². The van der Waals surface area contributed by atoms with E-state index in [1.807, 2.05) is 0 Å². The molecule has 2 N–H and O–H groups in total. The van der Waals surface area contributed by atoms with E-state index in [2.05, 4.69) is 0 Å². The molecule has 0 spiro atoms. The molecule has 0 atom stereocenters. The lowest BCUT2D eigenvalue weighted by atomic mass is 10.5. The van der Waals surface area contributed by atoms with E-state index in [9.17, 15) is 24.8 Å². The van der Waals surface area contributed by atoms with E-state index >= 15 is 0 Å². The highest BCUT2D eigenvalue weighted by Gasteiger charge is 2.24. The average molecular weight is 231 g/mol. The lowest BCUT2D eigenvalue weighted by molar-refractivity contribution is -0.388. The minimum atomic E-state index is -1.25. The van der Waals surface area contributed by atoms with Crippen molar-refractivity contribution in [2.24, 2.45) is 0 Å². The van der Waals surface area contributed by atoms with Crippen LogP contribution in [0.4, 0.5) is 5.69 Å². The molecular weight excluding hydrogens is 222 g/mol. The number of rotatable bonds is 4. The largest absolute Gasteiger partial charge is 0.489 e. The molecule has 0 aliphatic heterocycles. The fourth-order valence-electron chi connectivity index (χ4n) is 1.02. The zero-order valence-electron chi connectivity index (χ0n) is 8.30. The second-order valence-corrected chi connectivity index (χ2v) is 2.74. The molecule has 0 saturated carbocycles. The van der Waals surface area contributed by atoms with Gasteiger partial charge in [0.25, 0.3) is 5.88 Å². The molecule has 88 valence electrons. The van der Waals surface area contributed by atoms with E-state index in [-0.39, 0.29) is 13.3 Å². The van der Waals surface area contributed by atoms with Crippen molar-refractivity contribution in [3.8, 4) is 5.88 Å². The maximum absolute atomic E-state index is 11.2. The van der Waals surface area contributed by atoms with Crippen molar-refractivity contribution in [1.29, 1.82) is 0 Å². The Morgan fingerprint density at radius 1 is 1.56 bits per heavy atom. The van der Waals surface area contributed by atoms with Gasteiger partial charge >= 0.3 is 16.9 Å². The molecular formula is C7H9N3O6. The second kappa shape index (κ2) is 4.57. The predicted molar refractivity (Wildman–Crippen MR) is 51.3 cm³/mol. The van der Waals surface area contributed by atoms with Gasteiger partial charge in [0.2, 0.25) is 0 Å². The van der Waals surface area contributed by atoms with Crippen LogP contribution in [0.15, 0.2) is 9.59 Å². The summed E-state index contributed by atoms with van der Waals surface area (Å²) in [5.41, 5.74) is -3.30. The summed E-state index contributed by atoms with van der Waals surface area (Å²) in [6.45, 7) is 1.51. The van der Waals surface area contributed by atoms with Gasteiger partial charge in [0.05, 0.1) is 4.92 Å². The number of hydrogen-bond donors (Lipinski definition) is 2. The minimum Gasteiger partial charge on any atom is -0.489 e. The van der Waals surface area contributed by atoms with Crippen molar-refractivity contribution in [1.82, 2.24) is 9.55 Å². The standard InChI is InChI=1S/C7H9N3O6/c1-2-16-3-9-6(12)4(10(14)15)5(11)8-7(9)13/h12H,2-3H2,1H3,(H,8,11,13). The van der Waals surface area contributed by atoms with Crippen molar-refractivity contribution in [2.75, 3.05) is 6.61 Å². The Hall–Kier alpha value is -2.16. The van der Waals surface area contributed by atoms with Crippen molar-refractivity contribution >= 4 is 5.69 Å². The molecule has 0 aliphatic rings. The van der Waals surface area contributed by atoms with E-state index < -0.39 is 27.7 Å². The number of nitrogens with zero attached hydrogens (tertiary/aromatic N) is 2. The summed E-state index contributed by atoms with van der Waals surface area (Å²) in [4.78, 5) is 33.3. The molecule has 0 amide bonds. The van der Waals surface area contributed by atoms with Crippen LogP contribution >= 0.6 is 0 Å². The maximum atomic E-state index is 11.2. The number of H-pyrrole nitrogens is 1. The molecule has 0 bridgehead atoms. The number of aromatic hydroxyl groups is 1. The zero-order chi connectivity index (χ0) is 12.3. The van der Waals surface area contributed by atoms with Gasteiger partial charge in [-0.25, -0.2) is 9.36 Å². The molecule has 0 fully saturated rings. The van der Waals surface area contributed by atoms with E-state index in [1.54, 1.807) is 11.9 Å². The molecule has 9 heteroatoms. The molecule has 0 radical (unpaired) electrons. The van der Waals surface area contributed by atoms with Crippen LogP contribution in [0.1, 0.15) is 6.92 Å². The van der Waals surface area contributed by atoms with E-state index in [4.69, 9.17) is 4.74 Å². The first-order chi connectivity index (χ1) is 7.49. The Morgan fingerprint density at radius 2 is 2.19 bits per heavy atom. The Balaban J connectivity index is 3.39. The third-order valence-electron chi connectivity index (χ3n) is 1.76. The Bertz CT molecular complexity index is 516. The average Bonchev–Trinajstić information content (AvgIpc) is 2.16. The molecule has 1 aromatic heterocycles. The van der Waals surface area contributed by atoms with Gasteiger partial charge in [-0.2, -0.15) is 0 Å². The van der Waals surface area contributed by atoms with Crippen LogP contribution in [0, 0.1) is 10.1 Å². The van der Waals surface area contributed by atoms with Crippen molar-refractivity contribution in [3.63, 3.8) is 0 Å². The van der Waals surface area contributed by atoms with Crippen molar-refractivity contribution in [3.05, 3.63) is 31.0 Å². The highest BCUT2D eigenvalue weighted by atomic mass is 16.6. The van der Waals surface area contributed by atoms with Gasteiger partial charge in [-0.15, -0.1) is 0 Å².